The summed E-state index contributed by atoms with van der Waals surface area (Å²) in [5.74, 6) is 0. The van der Waals surface area contributed by atoms with Gasteiger partial charge in [-0.1, -0.05) is 200 Å². The number of anilines is 6. The molecule has 0 bridgehead atoms. The van der Waals surface area contributed by atoms with E-state index in [0.29, 0.717) is 0 Å². The Bertz CT molecular complexity index is 3850. The van der Waals surface area contributed by atoms with Crippen molar-refractivity contribution in [1.82, 2.24) is 0 Å². The smallest absolute Gasteiger partial charge is 0.0760 e. The van der Waals surface area contributed by atoms with Crippen molar-refractivity contribution in [3.63, 3.8) is 0 Å². The van der Waals surface area contributed by atoms with Crippen molar-refractivity contribution in [2.24, 2.45) is 0 Å². The molecule has 70 heavy (non-hydrogen) atoms. The summed E-state index contributed by atoms with van der Waals surface area (Å²) in [4.78, 5) is 6.29. The van der Waals surface area contributed by atoms with E-state index in [4.69, 9.17) is 0 Å². The molecule has 0 aliphatic heterocycles. The van der Waals surface area contributed by atoms with Crippen LogP contribution in [0.25, 0.3) is 64.7 Å². The van der Waals surface area contributed by atoms with Gasteiger partial charge in [0.05, 0.1) is 16.8 Å². The summed E-state index contributed by atoms with van der Waals surface area (Å²) in [7, 11) is 0. The third-order valence-corrected chi connectivity index (χ3v) is 15.9. The Hall–Kier alpha value is -8.76. The molecule has 2 aliphatic carbocycles. The van der Waals surface area contributed by atoms with Crippen LogP contribution in [0.4, 0.5) is 34.1 Å². The number of thiophene rings is 1. The zero-order chi connectivity index (χ0) is 46.2. The first-order valence-corrected chi connectivity index (χ1v) is 24.9. The van der Waals surface area contributed by atoms with Crippen LogP contribution in [0.2, 0.25) is 0 Å². The van der Waals surface area contributed by atoms with Crippen molar-refractivity contribution in [3.05, 3.63) is 289 Å². The van der Waals surface area contributed by atoms with E-state index >= 15 is 0 Å². The highest BCUT2D eigenvalue weighted by Crippen LogP contribution is 2.68. The van der Waals surface area contributed by atoms with Gasteiger partial charge >= 0.3 is 0 Å². The summed E-state index contributed by atoms with van der Waals surface area (Å²) in [6.45, 7) is 0. The van der Waals surface area contributed by atoms with Crippen LogP contribution in [-0.4, -0.2) is 0 Å². The van der Waals surface area contributed by atoms with Gasteiger partial charge in [0.2, 0.25) is 0 Å². The maximum atomic E-state index is 2.52. The first-order chi connectivity index (χ1) is 34.7. The molecule has 14 rings (SSSR count). The van der Waals surface area contributed by atoms with E-state index in [1.807, 2.05) is 11.3 Å². The quantitative estimate of drug-likeness (QED) is 0.150. The molecule has 1 atom stereocenters. The monoisotopic (exact) mass is 908 g/mol. The normalized spacial score (nSPS) is 14.1. The Morgan fingerprint density at radius 1 is 0.300 bits per heavy atom. The van der Waals surface area contributed by atoms with Crippen LogP contribution in [0, 0.1) is 0 Å². The summed E-state index contributed by atoms with van der Waals surface area (Å²) in [6, 6.07) is 98.4. The van der Waals surface area contributed by atoms with Crippen LogP contribution < -0.4 is 9.80 Å². The van der Waals surface area contributed by atoms with Gasteiger partial charge in [-0.15, -0.1) is 11.3 Å². The molecular weight excluding hydrogens is 865 g/mol. The minimum absolute atomic E-state index is 0.623. The molecule has 0 amide bonds. The second-order valence-electron chi connectivity index (χ2n) is 18.4. The van der Waals surface area contributed by atoms with Crippen LogP contribution in [0.15, 0.2) is 267 Å². The minimum atomic E-state index is -0.623. The van der Waals surface area contributed by atoms with E-state index in [1.165, 1.54) is 92.6 Å². The molecule has 0 radical (unpaired) electrons. The van der Waals surface area contributed by atoms with E-state index in [1.54, 1.807) is 0 Å². The van der Waals surface area contributed by atoms with E-state index in [2.05, 4.69) is 277 Å². The van der Waals surface area contributed by atoms with Gasteiger partial charge in [0.1, 0.15) is 0 Å². The summed E-state index contributed by atoms with van der Waals surface area (Å²) >= 11 is 1.93. The Morgan fingerprint density at radius 2 is 0.800 bits per heavy atom. The molecule has 1 unspecified atom stereocenters. The van der Waals surface area contributed by atoms with Gasteiger partial charge in [0, 0.05) is 43.3 Å². The molecule has 328 valence electrons. The fourth-order valence-electron chi connectivity index (χ4n) is 11.7. The SMILES string of the molecule is c1ccc(-c2ccc(N(c3ccc(-c4ccccc4)cc3)c3ccc4c(c3)-c3ccccc3C43c4c(cccc4N(c4ccccc4)c4cccc5ccccc45)-c4sc5ccccc5c43)cc2)cc1. The maximum absolute atomic E-state index is 2.52. The fourth-order valence-corrected chi connectivity index (χ4v) is 13.0. The molecule has 0 saturated carbocycles. The molecular formula is C67H44N2S. The average molecular weight is 909 g/mol. The highest BCUT2D eigenvalue weighted by molar-refractivity contribution is 7.22. The lowest BCUT2D eigenvalue weighted by molar-refractivity contribution is 0.802. The standard InChI is InChI=1S/C67H44N2S/c1-4-18-45(19-5-1)47-34-38-51(39-35-47)68(52-40-36-48(37-41-52)46-20-6-2-7-21-46)53-42-43-60-58(44-53)55-27-12-14-30-59(55)67(60)64-57(66-65(67)56-28-13-15-33-63(56)70-66)29-17-32-62(64)69(50-24-8-3-9-25-50)61-31-16-23-49-22-10-11-26-54(49)61/h1-44H. The molecule has 0 N–H and O–H groups in total. The molecule has 2 nitrogen and oxygen atoms in total. The molecule has 1 heterocycles. The van der Waals surface area contributed by atoms with E-state index in [0.717, 1.165) is 28.4 Å². The molecule has 2 aliphatic rings. The molecule has 0 fully saturated rings. The van der Waals surface area contributed by atoms with Crippen LogP contribution in [0.1, 0.15) is 22.3 Å². The molecule has 3 heteroatoms. The number of benzene rings is 11. The topological polar surface area (TPSA) is 6.48 Å². The lowest BCUT2D eigenvalue weighted by Crippen LogP contribution is -2.28. The second kappa shape index (κ2) is 16.2. The number of hydrogen-bond donors (Lipinski definition) is 0. The largest absolute Gasteiger partial charge is 0.310 e. The second-order valence-corrected chi connectivity index (χ2v) is 19.4. The number of para-hydroxylation sites is 1. The summed E-state index contributed by atoms with van der Waals surface area (Å²) in [6.07, 6.45) is 0. The highest BCUT2D eigenvalue weighted by atomic mass is 32.1. The van der Waals surface area contributed by atoms with E-state index in [9.17, 15) is 0 Å². The van der Waals surface area contributed by atoms with Gasteiger partial charge < -0.3 is 9.80 Å². The van der Waals surface area contributed by atoms with Crippen molar-refractivity contribution in [2.75, 3.05) is 9.80 Å². The Morgan fingerprint density at radius 3 is 1.51 bits per heavy atom. The average Bonchev–Trinajstić information content (AvgIpc) is 4.06. The molecule has 0 saturated heterocycles. The van der Waals surface area contributed by atoms with Crippen LogP contribution in [0.3, 0.4) is 0 Å². The first kappa shape index (κ1) is 40.3. The fraction of sp³-hybridized carbons (Fsp3) is 0.0149. The van der Waals surface area contributed by atoms with Crippen molar-refractivity contribution in [3.8, 4) is 43.8 Å². The predicted molar refractivity (Wildman–Crippen MR) is 296 cm³/mol. The van der Waals surface area contributed by atoms with Gasteiger partial charge in [0.25, 0.3) is 0 Å². The zero-order valence-corrected chi connectivity index (χ0v) is 39.0. The zero-order valence-electron chi connectivity index (χ0n) is 38.2. The van der Waals surface area contributed by atoms with Gasteiger partial charge in [-0.25, -0.2) is 0 Å². The number of nitrogens with zero attached hydrogens (tertiary/aromatic N) is 2. The number of rotatable bonds is 8. The van der Waals surface area contributed by atoms with Crippen molar-refractivity contribution >= 4 is 66.3 Å². The number of fused-ring (bicyclic) bond motifs is 13. The lowest BCUT2D eigenvalue weighted by Gasteiger charge is -2.36. The van der Waals surface area contributed by atoms with Crippen LogP contribution in [-0.2, 0) is 5.41 Å². The van der Waals surface area contributed by atoms with E-state index < -0.39 is 5.41 Å². The van der Waals surface area contributed by atoms with Gasteiger partial charge in [-0.2, -0.15) is 0 Å². The molecule has 1 spiro atoms. The van der Waals surface area contributed by atoms with Gasteiger partial charge in [0.15, 0.2) is 0 Å². The van der Waals surface area contributed by atoms with Crippen LogP contribution in [0.5, 0.6) is 0 Å². The molecule has 1 aromatic heterocycles. The Kier molecular flexibility index (Phi) is 9.33. The van der Waals surface area contributed by atoms with Crippen molar-refractivity contribution in [2.45, 2.75) is 5.41 Å². The molecule has 12 aromatic rings. The molecule has 11 aromatic carbocycles. The maximum Gasteiger partial charge on any atom is 0.0760 e. The number of hydrogen-bond acceptors (Lipinski definition) is 3. The van der Waals surface area contributed by atoms with E-state index in [-0.39, 0.29) is 0 Å². The minimum Gasteiger partial charge on any atom is -0.310 e. The van der Waals surface area contributed by atoms with Crippen molar-refractivity contribution in [1.29, 1.82) is 0 Å². The van der Waals surface area contributed by atoms with Gasteiger partial charge in [-0.05, 0) is 133 Å². The van der Waals surface area contributed by atoms with Crippen molar-refractivity contribution < 1.29 is 0 Å². The predicted octanol–water partition coefficient (Wildman–Crippen LogP) is 18.7. The summed E-state index contributed by atoms with van der Waals surface area (Å²) in [5, 5.41) is 3.74. The van der Waals surface area contributed by atoms with Crippen LogP contribution >= 0.6 is 11.3 Å². The Labute approximate surface area is 412 Å². The Balaban J connectivity index is 1.02. The first-order valence-electron chi connectivity index (χ1n) is 24.1. The summed E-state index contributed by atoms with van der Waals surface area (Å²) in [5.41, 5.74) is 20.0. The third kappa shape index (κ3) is 6.12. The lowest BCUT2D eigenvalue weighted by atomic mass is 9.69. The summed E-state index contributed by atoms with van der Waals surface area (Å²) < 4.78 is 1.31. The third-order valence-electron chi connectivity index (χ3n) is 14.6. The van der Waals surface area contributed by atoms with Gasteiger partial charge in [-0.3, -0.25) is 0 Å². The highest BCUT2D eigenvalue weighted by Gasteiger charge is 2.55.